The fourth-order valence-electron chi connectivity index (χ4n) is 2.23. The highest BCUT2D eigenvalue weighted by atomic mass is 35.5. The van der Waals surface area contributed by atoms with Gasteiger partial charge in [0.05, 0.1) is 10.7 Å². The minimum atomic E-state index is -1.04. The Kier molecular flexibility index (Phi) is 4.85. The number of nitrogens with one attached hydrogen (secondary N) is 1. The number of para-hydroxylation sites is 1. The molecule has 2 aromatic carbocycles. The molecule has 8 heteroatoms. The average Bonchev–Trinajstić information content (AvgIpc) is 2.90. The summed E-state index contributed by atoms with van der Waals surface area (Å²) in [6.07, 6.45) is 0. The van der Waals surface area contributed by atoms with Crippen LogP contribution in [0, 0.1) is 0 Å². The summed E-state index contributed by atoms with van der Waals surface area (Å²) in [7, 11) is 0. The summed E-state index contributed by atoms with van der Waals surface area (Å²) in [6.45, 7) is 1.33. The maximum Gasteiger partial charge on any atom is 0.282 e. The number of amides is 2. The highest BCUT2D eigenvalue weighted by Crippen LogP contribution is 2.26. The molecule has 1 atom stereocenters. The molecule has 0 fully saturated rings. The zero-order valence-corrected chi connectivity index (χ0v) is 14.0. The summed E-state index contributed by atoms with van der Waals surface area (Å²) in [5, 5.41) is 16.4. The van der Waals surface area contributed by atoms with Crippen molar-refractivity contribution >= 4 is 40.6 Å². The summed E-state index contributed by atoms with van der Waals surface area (Å²) in [5.41, 5.74) is 1.00. The second kappa shape index (κ2) is 7.23. The molecule has 0 bridgehead atoms. The molecule has 0 aromatic heterocycles. The Hall–Kier alpha value is -3.06. The summed E-state index contributed by atoms with van der Waals surface area (Å²) in [5.74, 6) is -0.637. The number of nitrogens with zero attached hydrogens (tertiary/aromatic N) is 4. The minimum absolute atomic E-state index is 0.122. The van der Waals surface area contributed by atoms with Crippen molar-refractivity contribution < 1.29 is 9.59 Å². The summed E-state index contributed by atoms with van der Waals surface area (Å²) in [4.78, 5) is 24.1. The van der Waals surface area contributed by atoms with Gasteiger partial charge in [-0.05, 0) is 24.3 Å². The van der Waals surface area contributed by atoms with Gasteiger partial charge in [0.15, 0.2) is 5.84 Å². The minimum Gasteiger partial charge on any atom is -0.311 e. The van der Waals surface area contributed by atoms with Crippen molar-refractivity contribution in [2.75, 3.05) is 5.01 Å². The first kappa shape index (κ1) is 16.8. The van der Waals surface area contributed by atoms with E-state index in [1.54, 1.807) is 48.5 Å². The molecule has 1 unspecified atom stereocenters. The van der Waals surface area contributed by atoms with E-state index in [4.69, 9.17) is 11.6 Å². The van der Waals surface area contributed by atoms with Crippen molar-refractivity contribution in [1.82, 2.24) is 5.32 Å². The molecule has 3 rings (SSSR count). The molecular weight excluding hydrogens is 342 g/mol. The molecule has 2 aromatic rings. The van der Waals surface area contributed by atoms with E-state index in [9.17, 15) is 9.59 Å². The lowest BCUT2D eigenvalue weighted by Crippen LogP contribution is -2.38. The van der Waals surface area contributed by atoms with E-state index < -0.39 is 11.9 Å². The smallest absolute Gasteiger partial charge is 0.282 e. The third-order valence-corrected chi connectivity index (χ3v) is 3.67. The summed E-state index contributed by atoms with van der Waals surface area (Å²) in [6, 6.07) is 14.7. The third kappa shape index (κ3) is 3.72. The zero-order chi connectivity index (χ0) is 17.8. The number of anilines is 1. The van der Waals surface area contributed by atoms with Gasteiger partial charge >= 0.3 is 0 Å². The van der Waals surface area contributed by atoms with E-state index in [0.717, 1.165) is 0 Å². The van der Waals surface area contributed by atoms with Crippen LogP contribution in [0.5, 0.6) is 0 Å². The van der Waals surface area contributed by atoms with Gasteiger partial charge in [0.25, 0.3) is 5.91 Å². The van der Waals surface area contributed by atoms with Crippen LogP contribution in [0.2, 0.25) is 5.02 Å². The molecule has 7 nitrogen and oxygen atoms in total. The number of benzene rings is 2. The van der Waals surface area contributed by atoms with E-state index in [1.807, 2.05) is 6.07 Å². The van der Waals surface area contributed by atoms with Crippen LogP contribution in [0.3, 0.4) is 0 Å². The van der Waals surface area contributed by atoms with Gasteiger partial charge in [0.2, 0.25) is 11.9 Å². The number of azo groups is 1. The van der Waals surface area contributed by atoms with Gasteiger partial charge in [-0.2, -0.15) is 15.2 Å². The first-order valence-electron chi connectivity index (χ1n) is 7.47. The van der Waals surface area contributed by atoms with Gasteiger partial charge in [-0.1, -0.05) is 41.9 Å². The van der Waals surface area contributed by atoms with Crippen molar-refractivity contribution in [3.63, 3.8) is 0 Å². The molecule has 1 N–H and O–H groups in total. The Morgan fingerprint density at radius 3 is 2.52 bits per heavy atom. The monoisotopic (exact) mass is 355 g/mol. The van der Waals surface area contributed by atoms with E-state index in [2.05, 4.69) is 20.6 Å². The van der Waals surface area contributed by atoms with E-state index >= 15 is 0 Å². The predicted octanol–water partition coefficient (Wildman–Crippen LogP) is 3.29. The molecule has 126 valence electrons. The number of hydrogen-bond acceptors (Lipinski definition) is 5. The predicted molar refractivity (Wildman–Crippen MR) is 94.9 cm³/mol. The highest BCUT2D eigenvalue weighted by Gasteiger charge is 2.37. The Morgan fingerprint density at radius 2 is 1.84 bits per heavy atom. The maximum absolute atomic E-state index is 12.7. The fourth-order valence-corrected chi connectivity index (χ4v) is 2.40. The molecule has 0 radical (unpaired) electrons. The molecule has 1 aliphatic rings. The lowest BCUT2D eigenvalue weighted by atomic mass is 10.2. The zero-order valence-electron chi connectivity index (χ0n) is 13.3. The molecule has 1 heterocycles. The van der Waals surface area contributed by atoms with Gasteiger partial charge in [-0.15, -0.1) is 5.10 Å². The number of amidine groups is 1. The average molecular weight is 356 g/mol. The Balaban J connectivity index is 1.91. The second-order valence-electron chi connectivity index (χ2n) is 5.22. The lowest BCUT2D eigenvalue weighted by Gasteiger charge is -2.11. The number of rotatable bonds is 3. The second-order valence-corrected chi connectivity index (χ2v) is 5.63. The van der Waals surface area contributed by atoms with Crippen molar-refractivity contribution in [3.8, 4) is 0 Å². The number of hydrogen-bond donors (Lipinski definition) is 1. The van der Waals surface area contributed by atoms with Crippen molar-refractivity contribution in [2.45, 2.75) is 13.0 Å². The van der Waals surface area contributed by atoms with E-state index in [-0.39, 0.29) is 11.7 Å². The third-order valence-electron chi connectivity index (χ3n) is 3.35. The van der Waals surface area contributed by atoms with Crippen molar-refractivity contribution in [2.24, 2.45) is 15.3 Å². The van der Waals surface area contributed by atoms with Crippen LogP contribution in [-0.2, 0) is 9.59 Å². The van der Waals surface area contributed by atoms with Gasteiger partial charge in [0, 0.05) is 6.92 Å². The van der Waals surface area contributed by atoms with Crippen LogP contribution in [-0.4, -0.2) is 23.7 Å². The van der Waals surface area contributed by atoms with Crippen LogP contribution in [0.25, 0.3) is 0 Å². The van der Waals surface area contributed by atoms with Crippen molar-refractivity contribution in [3.05, 3.63) is 59.6 Å². The normalized spacial score (nSPS) is 17.0. The molecule has 0 saturated heterocycles. The Morgan fingerprint density at radius 1 is 1.16 bits per heavy atom. The lowest BCUT2D eigenvalue weighted by molar-refractivity contribution is -0.117. The fraction of sp³-hybridized carbons (Fsp3) is 0.118. The van der Waals surface area contributed by atoms with E-state index in [0.29, 0.717) is 16.4 Å². The molecule has 0 saturated carbocycles. The van der Waals surface area contributed by atoms with Crippen LogP contribution in [0.1, 0.15) is 6.92 Å². The Bertz CT molecular complexity index is 866. The van der Waals surface area contributed by atoms with Gasteiger partial charge in [-0.3, -0.25) is 9.59 Å². The first-order valence-corrected chi connectivity index (χ1v) is 7.84. The number of hydrazone groups is 1. The van der Waals surface area contributed by atoms with Crippen molar-refractivity contribution in [1.29, 1.82) is 0 Å². The van der Waals surface area contributed by atoms with E-state index in [1.165, 1.54) is 11.9 Å². The molecule has 0 aliphatic carbocycles. The van der Waals surface area contributed by atoms with Crippen LogP contribution in [0.15, 0.2) is 69.9 Å². The topological polar surface area (TPSA) is 86.5 Å². The SMILES string of the molecule is CC(=O)NC1=NN(c2ccccc2)C(=O)C1N=Nc1ccccc1Cl. The molecule has 1 aliphatic heterocycles. The highest BCUT2D eigenvalue weighted by molar-refractivity contribution is 6.32. The summed E-state index contributed by atoms with van der Waals surface area (Å²) >= 11 is 6.04. The number of carbonyl (C=O) groups excluding carboxylic acids is 2. The first-order chi connectivity index (χ1) is 12.1. The van der Waals surface area contributed by atoms with Gasteiger partial charge in [-0.25, -0.2) is 0 Å². The number of halogens is 1. The molecule has 25 heavy (non-hydrogen) atoms. The number of carbonyl (C=O) groups is 2. The molecule has 0 spiro atoms. The van der Waals surface area contributed by atoms with Crippen LogP contribution in [0.4, 0.5) is 11.4 Å². The largest absolute Gasteiger partial charge is 0.311 e. The maximum atomic E-state index is 12.7. The summed E-state index contributed by atoms with van der Waals surface area (Å²) < 4.78 is 0. The van der Waals surface area contributed by atoms with Crippen LogP contribution < -0.4 is 10.3 Å². The van der Waals surface area contributed by atoms with Gasteiger partial charge in [0.1, 0.15) is 5.69 Å². The quantitative estimate of drug-likeness (QED) is 0.856. The standard InChI is InChI=1S/C17H14ClN5O2/c1-11(24)19-16-15(21-20-14-10-6-5-9-13(14)18)17(25)23(22-16)12-7-3-2-4-8-12/h2-10,15H,1H3,(H,19,22,24). The molecular formula is C17H14ClN5O2. The van der Waals surface area contributed by atoms with Crippen LogP contribution >= 0.6 is 11.6 Å². The van der Waals surface area contributed by atoms with Gasteiger partial charge < -0.3 is 5.32 Å². The molecule has 2 amide bonds. The Labute approximate surface area is 149 Å².